The Morgan fingerprint density at radius 2 is 1.90 bits per heavy atom. The number of anilines is 1. The monoisotopic (exact) mass is 407 g/mol. The summed E-state index contributed by atoms with van der Waals surface area (Å²) < 4.78 is 12.0. The van der Waals surface area contributed by atoms with Crippen LogP contribution in [0.2, 0.25) is 5.02 Å². The van der Waals surface area contributed by atoms with Gasteiger partial charge in [-0.3, -0.25) is 5.10 Å². The summed E-state index contributed by atoms with van der Waals surface area (Å²) in [5, 5.41) is 7.43. The second kappa shape index (κ2) is 6.53. The molecule has 2 aromatic rings. The first kappa shape index (κ1) is 15.2. The molecule has 0 unspecified atom stereocenters. The van der Waals surface area contributed by atoms with E-state index in [0.717, 1.165) is 14.8 Å². The van der Waals surface area contributed by atoms with Crippen molar-refractivity contribution in [3.8, 4) is 22.8 Å². The van der Waals surface area contributed by atoms with E-state index < -0.39 is 0 Å². The van der Waals surface area contributed by atoms with E-state index in [-0.39, 0.29) is 0 Å². The van der Waals surface area contributed by atoms with Gasteiger partial charge in [-0.2, -0.15) is 5.10 Å². The minimum Gasteiger partial charge on any atom is -0.493 e. The highest BCUT2D eigenvalue weighted by molar-refractivity contribution is 14.1. The maximum Gasteiger partial charge on any atom is 0.159 e. The Morgan fingerprint density at radius 1 is 1.25 bits per heavy atom. The predicted molar refractivity (Wildman–Crippen MR) is 88.5 cm³/mol. The third-order valence-electron chi connectivity index (χ3n) is 2.64. The third kappa shape index (κ3) is 2.95. The minimum atomic E-state index is 0.452. The first-order chi connectivity index (χ1) is 9.58. The Labute approximate surface area is 135 Å². The van der Waals surface area contributed by atoms with E-state index in [4.69, 9.17) is 26.8 Å². The van der Waals surface area contributed by atoms with Crippen LogP contribution >= 0.6 is 34.2 Å². The largest absolute Gasteiger partial charge is 0.493 e. The minimum absolute atomic E-state index is 0.452. The summed E-state index contributed by atoms with van der Waals surface area (Å²) in [5.74, 6) is 1.74. The van der Waals surface area contributed by atoms with Crippen molar-refractivity contribution in [3.63, 3.8) is 0 Å². The molecule has 20 heavy (non-hydrogen) atoms. The van der Waals surface area contributed by atoms with Crippen LogP contribution in [-0.4, -0.2) is 23.4 Å². The highest BCUT2D eigenvalue weighted by Gasteiger charge is 2.17. The predicted octanol–water partition coefficient (Wildman–Crippen LogP) is 3.71. The summed E-state index contributed by atoms with van der Waals surface area (Å²) in [6, 6.07) is 3.59. The number of aromatic nitrogens is 2. The standard InChI is InChI=1S/C13H15ClIN3O2/c1-3-19-9-6-10(20-4-2)8(14)5-7(9)12-11(15)13(16)18-17-12/h5-6H,3-4H2,1-2H3,(H3,16,17,18). The molecule has 5 nitrogen and oxygen atoms in total. The van der Waals surface area contributed by atoms with E-state index in [0.29, 0.717) is 35.6 Å². The number of rotatable bonds is 5. The van der Waals surface area contributed by atoms with Crippen LogP contribution in [0, 0.1) is 3.57 Å². The average molecular weight is 408 g/mol. The molecule has 0 spiro atoms. The summed E-state index contributed by atoms with van der Waals surface area (Å²) in [6.45, 7) is 4.91. The van der Waals surface area contributed by atoms with Gasteiger partial charge in [-0.25, -0.2) is 0 Å². The van der Waals surface area contributed by atoms with E-state index in [2.05, 4.69) is 32.8 Å². The van der Waals surface area contributed by atoms with Crippen LogP contribution < -0.4 is 15.2 Å². The van der Waals surface area contributed by atoms with Crippen LogP contribution in [-0.2, 0) is 0 Å². The average Bonchev–Trinajstić information content (AvgIpc) is 2.74. The summed E-state index contributed by atoms with van der Waals surface area (Å²) in [7, 11) is 0. The van der Waals surface area contributed by atoms with E-state index in [1.807, 2.05) is 13.8 Å². The molecule has 2 rings (SSSR count). The number of benzene rings is 1. The molecule has 0 aliphatic heterocycles. The number of nitrogens with two attached hydrogens (primary N) is 1. The van der Waals surface area contributed by atoms with Crippen molar-refractivity contribution >= 4 is 40.0 Å². The van der Waals surface area contributed by atoms with Gasteiger partial charge in [0.15, 0.2) is 5.82 Å². The second-order valence-corrected chi connectivity index (χ2v) is 5.43. The zero-order chi connectivity index (χ0) is 14.7. The molecule has 3 N–H and O–H groups in total. The molecule has 1 heterocycles. The van der Waals surface area contributed by atoms with Crippen LogP contribution in [0.25, 0.3) is 11.3 Å². The van der Waals surface area contributed by atoms with Crippen molar-refractivity contribution in [2.75, 3.05) is 18.9 Å². The molecule has 0 radical (unpaired) electrons. The van der Waals surface area contributed by atoms with Crippen LogP contribution in [0.5, 0.6) is 11.5 Å². The zero-order valence-electron chi connectivity index (χ0n) is 11.2. The van der Waals surface area contributed by atoms with Crippen molar-refractivity contribution < 1.29 is 9.47 Å². The number of ether oxygens (including phenoxy) is 2. The quantitative estimate of drug-likeness (QED) is 0.741. The number of H-pyrrole nitrogens is 1. The fourth-order valence-electron chi connectivity index (χ4n) is 1.79. The molecule has 108 valence electrons. The van der Waals surface area contributed by atoms with Crippen molar-refractivity contribution in [2.45, 2.75) is 13.8 Å². The van der Waals surface area contributed by atoms with Crippen LogP contribution in [0.4, 0.5) is 5.82 Å². The number of aromatic amines is 1. The SMILES string of the molecule is CCOc1cc(OCC)c(-c2[nH]nc(N)c2I)cc1Cl. The number of hydrogen-bond donors (Lipinski definition) is 2. The first-order valence-corrected chi connectivity index (χ1v) is 7.63. The summed E-state index contributed by atoms with van der Waals surface area (Å²) in [5.41, 5.74) is 7.37. The van der Waals surface area contributed by atoms with Gasteiger partial charge in [0.25, 0.3) is 0 Å². The summed E-state index contributed by atoms with van der Waals surface area (Å²) in [6.07, 6.45) is 0. The summed E-state index contributed by atoms with van der Waals surface area (Å²) >= 11 is 8.38. The summed E-state index contributed by atoms with van der Waals surface area (Å²) in [4.78, 5) is 0. The fourth-order valence-corrected chi connectivity index (χ4v) is 2.54. The van der Waals surface area contributed by atoms with Crippen LogP contribution in [0.1, 0.15) is 13.8 Å². The van der Waals surface area contributed by atoms with Crippen LogP contribution in [0.15, 0.2) is 12.1 Å². The third-order valence-corrected chi connectivity index (χ3v) is 4.02. The molecule has 1 aromatic heterocycles. The van der Waals surface area contributed by atoms with Crippen molar-refractivity contribution in [2.24, 2.45) is 0 Å². The number of hydrogen-bond acceptors (Lipinski definition) is 4. The molecule has 7 heteroatoms. The molecule has 0 saturated carbocycles. The van der Waals surface area contributed by atoms with Crippen LogP contribution in [0.3, 0.4) is 0 Å². The molecule has 0 fully saturated rings. The Kier molecular flexibility index (Phi) is 4.98. The highest BCUT2D eigenvalue weighted by Crippen LogP contribution is 2.40. The lowest BCUT2D eigenvalue weighted by Crippen LogP contribution is -1.98. The van der Waals surface area contributed by atoms with E-state index in [9.17, 15) is 0 Å². The lowest BCUT2D eigenvalue weighted by molar-refractivity contribution is 0.324. The normalized spacial score (nSPS) is 10.6. The smallest absolute Gasteiger partial charge is 0.159 e. The van der Waals surface area contributed by atoms with E-state index >= 15 is 0 Å². The van der Waals surface area contributed by atoms with Crippen molar-refractivity contribution in [3.05, 3.63) is 20.7 Å². The Hall–Kier alpha value is -1.15. The molecule has 0 aliphatic rings. The van der Waals surface area contributed by atoms with Gasteiger partial charge in [0.05, 0.1) is 27.5 Å². The first-order valence-electron chi connectivity index (χ1n) is 6.17. The molecule has 1 aromatic carbocycles. The van der Waals surface area contributed by atoms with Crippen molar-refractivity contribution in [1.29, 1.82) is 0 Å². The Bertz CT molecular complexity index is 616. The van der Waals surface area contributed by atoms with Gasteiger partial charge in [0, 0.05) is 11.6 Å². The number of nitrogen functional groups attached to an aromatic ring is 1. The molecule has 0 amide bonds. The Morgan fingerprint density at radius 3 is 2.45 bits per heavy atom. The molecule has 0 atom stereocenters. The lowest BCUT2D eigenvalue weighted by Gasteiger charge is -2.13. The Balaban J connectivity index is 2.56. The maximum absolute atomic E-state index is 6.24. The van der Waals surface area contributed by atoms with Gasteiger partial charge >= 0.3 is 0 Å². The van der Waals surface area contributed by atoms with Gasteiger partial charge in [0.2, 0.25) is 0 Å². The second-order valence-electron chi connectivity index (χ2n) is 3.94. The van der Waals surface area contributed by atoms with Gasteiger partial charge < -0.3 is 15.2 Å². The van der Waals surface area contributed by atoms with Gasteiger partial charge in [-0.15, -0.1) is 0 Å². The van der Waals surface area contributed by atoms with E-state index in [1.54, 1.807) is 12.1 Å². The molecule has 0 saturated heterocycles. The van der Waals surface area contributed by atoms with Gasteiger partial charge in [-0.1, -0.05) is 11.6 Å². The highest BCUT2D eigenvalue weighted by atomic mass is 127. The van der Waals surface area contributed by atoms with E-state index in [1.165, 1.54) is 0 Å². The lowest BCUT2D eigenvalue weighted by atomic mass is 10.1. The fraction of sp³-hybridized carbons (Fsp3) is 0.308. The van der Waals surface area contributed by atoms with Gasteiger partial charge in [0.1, 0.15) is 11.5 Å². The number of nitrogens with one attached hydrogen (secondary N) is 1. The van der Waals surface area contributed by atoms with Crippen molar-refractivity contribution in [1.82, 2.24) is 10.2 Å². The molecule has 0 bridgehead atoms. The molecule has 0 aliphatic carbocycles. The topological polar surface area (TPSA) is 73.2 Å². The zero-order valence-corrected chi connectivity index (χ0v) is 14.1. The maximum atomic E-state index is 6.24. The molecular weight excluding hydrogens is 393 g/mol. The molecular formula is C13H15ClIN3O2. The number of nitrogens with zero attached hydrogens (tertiary/aromatic N) is 1. The van der Waals surface area contributed by atoms with Gasteiger partial charge in [-0.05, 0) is 42.5 Å². The number of halogens is 2.